The monoisotopic (exact) mass is 223 g/mol. The van der Waals surface area contributed by atoms with Crippen molar-refractivity contribution in [1.29, 1.82) is 0 Å². The maximum absolute atomic E-state index is 11.9. The lowest BCUT2D eigenvalue weighted by Crippen LogP contribution is -3.15. The van der Waals surface area contributed by atoms with E-state index >= 15 is 0 Å². The Bertz CT molecular complexity index is 342. The normalized spacial score (nSPS) is 25.4. The van der Waals surface area contributed by atoms with Crippen molar-refractivity contribution in [3.05, 3.63) is 35.9 Å². The zero-order chi connectivity index (χ0) is 10.7. The van der Waals surface area contributed by atoms with Crippen LogP contribution in [0.4, 0.5) is 0 Å². The summed E-state index contributed by atoms with van der Waals surface area (Å²) in [5.74, 6) is 1.24. The molecule has 3 N–H and O–H groups in total. The Labute approximate surface area is 93.6 Å². The number of nitrogens with two attached hydrogens (primary N) is 1. The summed E-state index contributed by atoms with van der Waals surface area (Å²) < 4.78 is 0. The summed E-state index contributed by atoms with van der Waals surface area (Å²) in [7, 11) is 0. The molecule has 1 aliphatic rings. The minimum Gasteiger partial charge on any atom is -0.304 e. The molecule has 0 aromatic heterocycles. The first-order valence-corrected chi connectivity index (χ1v) is 6.12. The zero-order valence-electron chi connectivity index (χ0n) is 8.48. The van der Waals surface area contributed by atoms with Crippen molar-refractivity contribution < 1.29 is 9.69 Å². The van der Waals surface area contributed by atoms with Crippen molar-refractivity contribution in [2.75, 3.05) is 18.8 Å². The van der Waals surface area contributed by atoms with Gasteiger partial charge in [-0.05, 0) is 0 Å². The number of hydrogen-bond acceptors (Lipinski definition) is 3. The third kappa shape index (κ3) is 2.59. The van der Waals surface area contributed by atoms with E-state index < -0.39 is 0 Å². The van der Waals surface area contributed by atoms with Gasteiger partial charge in [-0.1, -0.05) is 42.1 Å². The SMILES string of the molecule is NC1SCC[NH+]1CC(=O)c1ccccc1. The fourth-order valence-corrected chi connectivity index (χ4v) is 2.77. The summed E-state index contributed by atoms with van der Waals surface area (Å²) >= 11 is 1.73. The van der Waals surface area contributed by atoms with Crippen molar-refractivity contribution >= 4 is 17.5 Å². The molecular weight excluding hydrogens is 208 g/mol. The maximum Gasteiger partial charge on any atom is 0.216 e. The van der Waals surface area contributed by atoms with Crippen LogP contribution < -0.4 is 10.6 Å². The minimum absolute atomic E-state index is 0.0673. The Morgan fingerprint density at radius 3 is 2.80 bits per heavy atom. The fourth-order valence-electron chi connectivity index (χ4n) is 1.70. The first kappa shape index (κ1) is 10.7. The van der Waals surface area contributed by atoms with E-state index in [4.69, 9.17) is 5.73 Å². The molecule has 2 rings (SSSR count). The van der Waals surface area contributed by atoms with Gasteiger partial charge in [-0.15, -0.1) is 0 Å². The van der Waals surface area contributed by atoms with E-state index in [1.807, 2.05) is 30.3 Å². The molecule has 3 nitrogen and oxygen atoms in total. The second kappa shape index (κ2) is 4.79. The Morgan fingerprint density at radius 1 is 1.47 bits per heavy atom. The van der Waals surface area contributed by atoms with E-state index in [1.54, 1.807) is 11.8 Å². The molecule has 0 saturated carbocycles. The van der Waals surface area contributed by atoms with Crippen LogP contribution in [0.15, 0.2) is 30.3 Å². The van der Waals surface area contributed by atoms with Crippen molar-refractivity contribution in [2.45, 2.75) is 5.50 Å². The highest BCUT2D eigenvalue weighted by Gasteiger charge is 2.27. The van der Waals surface area contributed by atoms with Gasteiger partial charge in [0.05, 0.1) is 6.54 Å². The molecule has 2 atom stereocenters. The number of carbonyl (C=O) groups excluding carboxylic acids is 1. The summed E-state index contributed by atoms with van der Waals surface area (Å²) in [6.07, 6.45) is 0. The summed E-state index contributed by atoms with van der Waals surface area (Å²) in [4.78, 5) is 13.0. The van der Waals surface area contributed by atoms with Crippen LogP contribution in [0.1, 0.15) is 10.4 Å². The number of rotatable bonds is 3. The van der Waals surface area contributed by atoms with Crippen molar-refractivity contribution in [1.82, 2.24) is 0 Å². The van der Waals surface area contributed by atoms with Gasteiger partial charge in [0.15, 0.2) is 5.50 Å². The molecule has 1 aromatic carbocycles. The minimum atomic E-state index is 0.0673. The molecule has 1 aliphatic heterocycles. The molecule has 0 spiro atoms. The van der Waals surface area contributed by atoms with E-state index in [0.29, 0.717) is 6.54 Å². The van der Waals surface area contributed by atoms with Gasteiger partial charge in [0, 0.05) is 11.3 Å². The molecule has 0 aliphatic carbocycles. The molecule has 1 fully saturated rings. The van der Waals surface area contributed by atoms with Crippen LogP contribution in [-0.4, -0.2) is 30.1 Å². The van der Waals surface area contributed by atoms with E-state index in [9.17, 15) is 4.79 Å². The number of Topliss-reactive ketones (excluding diaryl/α,β-unsaturated/α-hetero) is 1. The number of nitrogens with one attached hydrogen (secondary N) is 1. The van der Waals surface area contributed by atoms with E-state index in [1.165, 1.54) is 4.90 Å². The summed E-state index contributed by atoms with van der Waals surface area (Å²) in [6, 6.07) is 9.41. The van der Waals surface area contributed by atoms with Crippen LogP contribution in [0.25, 0.3) is 0 Å². The predicted molar refractivity (Wildman–Crippen MR) is 61.9 cm³/mol. The Hall–Kier alpha value is -0.840. The van der Waals surface area contributed by atoms with Crippen LogP contribution in [0.2, 0.25) is 0 Å². The quantitative estimate of drug-likeness (QED) is 0.694. The van der Waals surface area contributed by atoms with Crippen LogP contribution in [0.3, 0.4) is 0 Å². The average Bonchev–Trinajstić information content (AvgIpc) is 2.66. The lowest BCUT2D eigenvalue weighted by atomic mass is 10.1. The standard InChI is InChI=1S/C11H14N2OS/c12-11-13(6-7-15-11)8-10(14)9-4-2-1-3-5-9/h1-5,11H,6-8,12H2/p+1. The third-order valence-electron chi connectivity index (χ3n) is 2.61. The fraction of sp³-hybridized carbons (Fsp3) is 0.364. The number of hydrogen-bond donors (Lipinski definition) is 2. The molecule has 15 heavy (non-hydrogen) atoms. The Balaban J connectivity index is 1.98. The third-order valence-corrected chi connectivity index (χ3v) is 3.74. The second-order valence-corrected chi connectivity index (χ2v) is 4.92. The number of benzene rings is 1. The Morgan fingerprint density at radius 2 is 2.20 bits per heavy atom. The van der Waals surface area contributed by atoms with Gasteiger partial charge in [0.2, 0.25) is 5.78 Å². The molecule has 80 valence electrons. The van der Waals surface area contributed by atoms with Crippen molar-refractivity contribution in [2.24, 2.45) is 5.73 Å². The topological polar surface area (TPSA) is 47.5 Å². The number of carbonyl (C=O) groups is 1. The molecule has 0 bridgehead atoms. The number of thioether (sulfide) groups is 1. The molecule has 1 saturated heterocycles. The first-order valence-electron chi connectivity index (χ1n) is 5.07. The number of ketones is 1. The van der Waals surface area contributed by atoms with E-state index in [-0.39, 0.29) is 11.3 Å². The predicted octanol–water partition coefficient (Wildman–Crippen LogP) is -0.257. The molecule has 1 heterocycles. The first-order chi connectivity index (χ1) is 7.27. The smallest absolute Gasteiger partial charge is 0.216 e. The van der Waals surface area contributed by atoms with Crippen molar-refractivity contribution in [3.8, 4) is 0 Å². The van der Waals surface area contributed by atoms with Gasteiger partial charge in [-0.3, -0.25) is 10.5 Å². The summed E-state index contributed by atoms with van der Waals surface area (Å²) in [5, 5.41) is 0. The van der Waals surface area contributed by atoms with Crippen LogP contribution in [0.5, 0.6) is 0 Å². The van der Waals surface area contributed by atoms with Crippen molar-refractivity contribution in [3.63, 3.8) is 0 Å². The lowest BCUT2D eigenvalue weighted by Gasteiger charge is -2.15. The van der Waals surface area contributed by atoms with Crippen LogP contribution in [0, 0.1) is 0 Å². The van der Waals surface area contributed by atoms with Gasteiger partial charge in [-0.25, -0.2) is 0 Å². The maximum atomic E-state index is 11.9. The highest BCUT2D eigenvalue weighted by Crippen LogP contribution is 2.04. The molecule has 1 aromatic rings. The molecule has 0 radical (unpaired) electrons. The van der Waals surface area contributed by atoms with Gasteiger partial charge >= 0.3 is 0 Å². The van der Waals surface area contributed by atoms with Gasteiger partial charge in [0.25, 0.3) is 0 Å². The highest BCUT2D eigenvalue weighted by atomic mass is 32.2. The largest absolute Gasteiger partial charge is 0.304 e. The van der Waals surface area contributed by atoms with E-state index in [2.05, 4.69) is 0 Å². The molecule has 4 heteroatoms. The average molecular weight is 223 g/mol. The highest BCUT2D eigenvalue weighted by molar-refractivity contribution is 7.99. The lowest BCUT2D eigenvalue weighted by molar-refractivity contribution is -0.894. The molecular formula is C11H15N2OS+. The van der Waals surface area contributed by atoms with Gasteiger partial charge < -0.3 is 4.90 Å². The van der Waals surface area contributed by atoms with Crippen LogP contribution in [-0.2, 0) is 0 Å². The Kier molecular flexibility index (Phi) is 3.41. The molecule has 0 amide bonds. The van der Waals surface area contributed by atoms with Gasteiger partial charge in [0.1, 0.15) is 6.54 Å². The summed E-state index contributed by atoms with van der Waals surface area (Å²) in [6.45, 7) is 1.50. The zero-order valence-corrected chi connectivity index (χ0v) is 9.30. The van der Waals surface area contributed by atoms with Gasteiger partial charge in [-0.2, -0.15) is 0 Å². The van der Waals surface area contributed by atoms with Crippen LogP contribution >= 0.6 is 11.8 Å². The second-order valence-electron chi connectivity index (χ2n) is 3.67. The molecule has 2 unspecified atom stereocenters. The number of quaternary nitrogens is 1. The van der Waals surface area contributed by atoms with E-state index in [0.717, 1.165) is 17.9 Å². The summed E-state index contributed by atoms with van der Waals surface area (Å²) in [5.41, 5.74) is 6.73.